The molecular weight excluding hydrogens is 665 g/mol. The fraction of sp³-hybridized carbons (Fsp3) is 0.316. The zero-order valence-electron chi connectivity index (χ0n) is 27.5. The highest BCUT2D eigenvalue weighted by atomic mass is 35.5. The maximum Gasteiger partial charge on any atom is 0.264 e. The molecule has 7 nitrogen and oxygen atoms in total. The lowest BCUT2D eigenvalue weighted by Gasteiger charge is -2.35. The van der Waals surface area contributed by atoms with E-state index in [1.165, 1.54) is 9.21 Å². The minimum atomic E-state index is -4.20. The molecule has 0 aromatic heterocycles. The molecule has 4 aromatic rings. The van der Waals surface area contributed by atoms with E-state index >= 15 is 0 Å². The van der Waals surface area contributed by atoms with Crippen molar-refractivity contribution in [3.05, 3.63) is 129 Å². The van der Waals surface area contributed by atoms with E-state index in [1.54, 1.807) is 54.6 Å². The Kier molecular flexibility index (Phi) is 11.5. The average Bonchev–Trinajstić information content (AvgIpc) is 3.58. The number of carbonyl (C=O) groups excluding carboxylic acids is 2. The normalized spacial score (nSPS) is 14.0. The molecule has 1 fully saturated rings. The molecule has 0 saturated heterocycles. The first-order chi connectivity index (χ1) is 22.9. The second kappa shape index (κ2) is 15.6. The van der Waals surface area contributed by atoms with Crippen molar-refractivity contribution >= 4 is 50.7 Å². The zero-order chi connectivity index (χ0) is 34.4. The number of carbonyl (C=O) groups is 2. The first-order valence-corrected chi connectivity index (χ1v) is 18.4. The molecule has 4 aromatic carbocycles. The van der Waals surface area contributed by atoms with Gasteiger partial charge in [-0.05, 0) is 86.2 Å². The molecule has 0 spiro atoms. The fourth-order valence-corrected chi connectivity index (χ4v) is 7.91. The van der Waals surface area contributed by atoms with Gasteiger partial charge in [0, 0.05) is 19.0 Å². The molecule has 48 heavy (non-hydrogen) atoms. The van der Waals surface area contributed by atoms with E-state index in [-0.39, 0.29) is 29.8 Å². The number of hydrogen-bond acceptors (Lipinski definition) is 4. The molecule has 10 heteroatoms. The first-order valence-electron chi connectivity index (χ1n) is 16.2. The van der Waals surface area contributed by atoms with E-state index in [9.17, 15) is 18.0 Å². The largest absolute Gasteiger partial charge is 0.352 e. The van der Waals surface area contributed by atoms with Crippen LogP contribution in [0, 0.1) is 20.8 Å². The van der Waals surface area contributed by atoms with E-state index in [0.29, 0.717) is 21.3 Å². The number of hydrogen-bond donors (Lipinski definition) is 1. The molecule has 0 radical (unpaired) electrons. The van der Waals surface area contributed by atoms with Crippen molar-refractivity contribution in [2.75, 3.05) is 10.8 Å². The summed E-state index contributed by atoms with van der Waals surface area (Å²) in [6, 6.07) is 25.6. The van der Waals surface area contributed by atoms with Gasteiger partial charge in [-0.1, -0.05) is 102 Å². The van der Waals surface area contributed by atoms with Crippen LogP contribution in [0.4, 0.5) is 5.69 Å². The van der Waals surface area contributed by atoms with Crippen LogP contribution in [0.15, 0.2) is 95.9 Å². The minimum Gasteiger partial charge on any atom is -0.352 e. The summed E-state index contributed by atoms with van der Waals surface area (Å²) in [5.41, 5.74) is 4.45. The van der Waals surface area contributed by atoms with E-state index in [4.69, 9.17) is 23.2 Å². The molecule has 1 atom stereocenters. The van der Waals surface area contributed by atoms with E-state index in [0.717, 1.165) is 47.9 Å². The molecule has 0 unspecified atom stereocenters. The molecule has 252 valence electrons. The lowest BCUT2D eigenvalue weighted by Crippen LogP contribution is -2.54. The summed E-state index contributed by atoms with van der Waals surface area (Å²) in [4.78, 5) is 30.5. The van der Waals surface area contributed by atoms with Crippen molar-refractivity contribution in [2.24, 2.45) is 0 Å². The fourth-order valence-electron chi connectivity index (χ4n) is 6.11. The molecular formula is C38H41Cl2N3O4S. The number of rotatable bonds is 12. The average molecular weight is 707 g/mol. The third-order valence-corrected chi connectivity index (χ3v) is 11.6. The molecule has 1 N–H and O–H groups in total. The van der Waals surface area contributed by atoms with Gasteiger partial charge in [-0.3, -0.25) is 13.9 Å². The van der Waals surface area contributed by atoms with Crippen LogP contribution in [0.5, 0.6) is 0 Å². The highest BCUT2D eigenvalue weighted by molar-refractivity contribution is 7.92. The summed E-state index contributed by atoms with van der Waals surface area (Å²) < 4.78 is 29.9. The third-order valence-electron chi connectivity index (χ3n) is 9.04. The topological polar surface area (TPSA) is 86.8 Å². The second-order valence-corrected chi connectivity index (χ2v) is 15.2. The van der Waals surface area contributed by atoms with Gasteiger partial charge >= 0.3 is 0 Å². The number of halogens is 2. The van der Waals surface area contributed by atoms with E-state index < -0.39 is 28.5 Å². The third kappa shape index (κ3) is 8.41. The quantitative estimate of drug-likeness (QED) is 0.163. The molecule has 5 rings (SSSR count). The van der Waals surface area contributed by atoms with Gasteiger partial charge in [-0.15, -0.1) is 0 Å². The van der Waals surface area contributed by atoms with Crippen LogP contribution in [0.25, 0.3) is 0 Å². The van der Waals surface area contributed by atoms with Crippen LogP contribution in [0.2, 0.25) is 10.0 Å². The van der Waals surface area contributed by atoms with E-state index in [2.05, 4.69) is 5.32 Å². The molecule has 1 aliphatic carbocycles. The summed E-state index contributed by atoms with van der Waals surface area (Å²) in [5.74, 6) is -0.806. The lowest BCUT2D eigenvalue weighted by molar-refractivity contribution is -0.140. The molecule has 2 amide bonds. The zero-order valence-corrected chi connectivity index (χ0v) is 29.8. The highest BCUT2D eigenvalue weighted by Gasteiger charge is 2.36. The number of amides is 2. The predicted octanol–water partition coefficient (Wildman–Crippen LogP) is 7.81. The maximum absolute atomic E-state index is 14.8. The lowest BCUT2D eigenvalue weighted by atomic mass is 10.0. The Bertz CT molecular complexity index is 1860. The van der Waals surface area contributed by atoms with Gasteiger partial charge < -0.3 is 10.2 Å². The number of aryl methyl sites for hydroxylation is 2. The SMILES string of the molecule is Cc1ccc(S(=O)(=O)N(CC(=O)N(Cc2ccc(Cl)c(Cl)c2)[C@@H](Cc2ccccc2)C(=O)NC2CCCC2)c2cccc(C)c2C)cc1. The van der Waals surface area contributed by atoms with Gasteiger partial charge in [0.15, 0.2) is 0 Å². The van der Waals surface area contributed by atoms with Gasteiger partial charge in [0.1, 0.15) is 12.6 Å². The Hall–Kier alpha value is -3.85. The standard InChI is InChI=1S/C38H41Cl2N3O4S/c1-26-16-19-32(20-17-26)48(46,47)43(35-15-9-10-27(2)28(35)3)25-37(44)42(24-30-18-21-33(39)34(40)22-30)36(23-29-11-5-4-6-12-29)38(45)41-31-13-7-8-14-31/h4-6,9-12,15-22,31,36H,7-8,13-14,23-25H2,1-3H3,(H,41,45)/t36-/m0/s1. The first kappa shape index (κ1) is 35.5. The van der Waals surface area contributed by atoms with E-state index in [1.807, 2.05) is 57.2 Å². The van der Waals surface area contributed by atoms with Gasteiger partial charge in [0.05, 0.1) is 20.6 Å². The number of nitrogens with one attached hydrogen (secondary N) is 1. The number of anilines is 1. The van der Waals surface area contributed by atoms with Crippen LogP contribution in [-0.4, -0.2) is 43.8 Å². The van der Waals surface area contributed by atoms with Gasteiger partial charge in [-0.25, -0.2) is 8.42 Å². The molecule has 0 aliphatic heterocycles. The molecule has 1 saturated carbocycles. The minimum absolute atomic E-state index is 0.0104. The van der Waals surface area contributed by atoms with Gasteiger partial charge in [-0.2, -0.15) is 0 Å². The van der Waals surface area contributed by atoms with Crippen LogP contribution in [-0.2, 0) is 32.6 Å². The van der Waals surface area contributed by atoms with Crippen LogP contribution in [0.3, 0.4) is 0 Å². The Balaban J connectivity index is 1.60. The smallest absolute Gasteiger partial charge is 0.264 e. The monoisotopic (exact) mass is 705 g/mol. The van der Waals surface area contributed by atoms with Crippen molar-refractivity contribution in [1.82, 2.24) is 10.2 Å². The number of sulfonamides is 1. The Morgan fingerprint density at radius 3 is 2.19 bits per heavy atom. The van der Waals surface area contributed by atoms with Crippen molar-refractivity contribution in [3.63, 3.8) is 0 Å². The molecule has 0 heterocycles. The van der Waals surface area contributed by atoms with Gasteiger partial charge in [0.2, 0.25) is 11.8 Å². The van der Waals surface area contributed by atoms with Crippen molar-refractivity contribution in [3.8, 4) is 0 Å². The van der Waals surface area contributed by atoms with Crippen LogP contribution < -0.4 is 9.62 Å². The summed E-state index contributed by atoms with van der Waals surface area (Å²) in [6.45, 7) is 5.11. The Morgan fingerprint density at radius 2 is 1.52 bits per heavy atom. The molecule has 1 aliphatic rings. The second-order valence-electron chi connectivity index (χ2n) is 12.5. The van der Waals surface area contributed by atoms with Crippen molar-refractivity contribution in [2.45, 2.75) is 76.4 Å². The highest BCUT2D eigenvalue weighted by Crippen LogP contribution is 2.30. The Labute approximate surface area is 293 Å². The van der Waals surface area contributed by atoms with Crippen molar-refractivity contribution in [1.29, 1.82) is 0 Å². The predicted molar refractivity (Wildman–Crippen MR) is 193 cm³/mol. The maximum atomic E-state index is 14.8. The molecule has 0 bridgehead atoms. The summed E-state index contributed by atoms with van der Waals surface area (Å²) >= 11 is 12.6. The summed E-state index contributed by atoms with van der Waals surface area (Å²) in [5, 5.41) is 3.87. The summed E-state index contributed by atoms with van der Waals surface area (Å²) in [6.07, 6.45) is 4.05. The van der Waals surface area contributed by atoms with Crippen LogP contribution in [0.1, 0.15) is 53.5 Å². The Morgan fingerprint density at radius 1 is 0.833 bits per heavy atom. The van der Waals surface area contributed by atoms with Crippen molar-refractivity contribution < 1.29 is 18.0 Å². The number of benzene rings is 4. The summed E-state index contributed by atoms with van der Waals surface area (Å²) in [7, 11) is -4.20. The number of nitrogens with zero attached hydrogens (tertiary/aromatic N) is 2. The van der Waals surface area contributed by atoms with Crippen LogP contribution >= 0.6 is 23.2 Å². The van der Waals surface area contributed by atoms with Gasteiger partial charge in [0.25, 0.3) is 10.0 Å².